The summed E-state index contributed by atoms with van der Waals surface area (Å²) in [7, 11) is 0. The highest BCUT2D eigenvalue weighted by Gasteiger charge is 2.17. The van der Waals surface area contributed by atoms with Crippen molar-refractivity contribution in [2.45, 2.75) is 0 Å². The lowest BCUT2D eigenvalue weighted by Crippen LogP contribution is -2.12. The van der Waals surface area contributed by atoms with Crippen molar-refractivity contribution in [2.75, 3.05) is 5.32 Å². The first-order valence-corrected chi connectivity index (χ1v) is 7.62. The number of tetrazole rings is 1. The molecule has 9 heteroatoms. The number of aromatic nitrogens is 5. The van der Waals surface area contributed by atoms with E-state index in [-0.39, 0.29) is 11.9 Å². The number of hydrogen-bond acceptors (Lipinski definition) is 7. The number of rotatable bonds is 5. The Balaban J connectivity index is 1.48. The van der Waals surface area contributed by atoms with Gasteiger partial charge in [-0.15, -0.1) is 0 Å². The molecule has 2 N–H and O–H groups in total. The van der Waals surface area contributed by atoms with Crippen molar-refractivity contribution in [3.63, 3.8) is 0 Å². The van der Waals surface area contributed by atoms with E-state index >= 15 is 0 Å². The molecule has 4 rings (SSSR count). The zero-order valence-electron chi connectivity index (χ0n) is 13.3. The van der Waals surface area contributed by atoms with Crippen LogP contribution in [0.25, 0.3) is 11.3 Å². The van der Waals surface area contributed by atoms with Crippen LogP contribution in [0.3, 0.4) is 0 Å². The molecule has 4 aromatic rings. The number of nitrogens with one attached hydrogen (secondary N) is 2. The molecule has 9 nitrogen and oxygen atoms in total. The predicted octanol–water partition coefficient (Wildman–Crippen LogP) is 2.90. The Labute approximate surface area is 147 Å². The number of amides is 1. The van der Waals surface area contributed by atoms with Crippen molar-refractivity contribution in [3.05, 3.63) is 66.4 Å². The molecule has 0 spiro atoms. The van der Waals surface area contributed by atoms with Crippen LogP contribution in [0.5, 0.6) is 11.8 Å². The summed E-state index contributed by atoms with van der Waals surface area (Å²) in [5.74, 6) is 0.191. The van der Waals surface area contributed by atoms with Gasteiger partial charge in [-0.1, -0.05) is 45.7 Å². The Bertz CT molecular complexity index is 997. The van der Waals surface area contributed by atoms with Gasteiger partial charge in [0.2, 0.25) is 0 Å². The second-order valence-corrected chi connectivity index (χ2v) is 5.22. The molecule has 0 bridgehead atoms. The van der Waals surface area contributed by atoms with Crippen molar-refractivity contribution in [1.29, 1.82) is 0 Å². The van der Waals surface area contributed by atoms with Crippen LogP contribution in [0.2, 0.25) is 0 Å². The van der Waals surface area contributed by atoms with Crippen molar-refractivity contribution in [1.82, 2.24) is 25.8 Å². The van der Waals surface area contributed by atoms with E-state index in [0.717, 1.165) is 5.56 Å². The lowest BCUT2D eigenvalue weighted by molar-refractivity contribution is 0.102. The Morgan fingerprint density at radius 3 is 2.62 bits per heavy atom. The average molecular weight is 348 g/mol. The van der Waals surface area contributed by atoms with Gasteiger partial charge in [-0.05, 0) is 29.5 Å². The third-order valence-corrected chi connectivity index (χ3v) is 3.51. The van der Waals surface area contributed by atoms with Crippen molar-refractivity contribution >= 4 is 11.6 Å². The summed E-state index contributed by atoms with van der Waals surface area (Å²) in [5, 5.41) is 19.8. The zero-order valence-corrected chi connectivity index (χ0v) is 13.3. The van der Waals surface area contributed by atoms with E-state index in [9.17, 15) is 4.79 Å². The largest absolute Gasteiger partial charge is 0.422 e. The summed E-state index contributed by atoms with van der Waals surface area (Å²) in [6.45, 7) is 0. The second kappa shape index (κ2) is 6.85. The molecule has 1 amide bonds. The fraction of sp³-hybridized carbons (Fsp3) is 0. The summed E-state index contributed by atoms with van der Waals surface area (Å²) in [6.07, 6.45) is 1.32. The third-order valence-electron chi connectivity index (χ3n) is 3.51. The van der Waals surface area contributed by atoms with E-state index < -0.39 is 0 Å². The van der Waals surface area contributed by atoms with Gasteiger partial charge in [0.25, 0.3) is 5.91 Å². The van der Waals surface area contributed by atoms with Gasteiger partial charge in [-0.2, -0.15) is 5.21 Å². The Morgan fingerprint density at radius 2 is 1.88 bits per heavy atom. The first-order valence-electron chi connectivity index (χ1n) is 7.62. The average Bonchev–Trinajstić information content (AvgIpc) is 3.36. The van der Waals surface area contributed by atoms with E-state index in [0.29, 0.717) is 22.7 Å². The van der Waals surface area contributed by atoms with Gasteiger partial charge >= 0.3 is 6.01 Å². The van der Waals surface area contributed by atoms with Crippen LogP contribution < -0.4 is 10.1 Å². The number of hydrogen-bond donors (Lipinski definition) is 2. The maximum Gasteiger partial charge on any atom is 0.361 e. The van der Waals surface area contributed by atoms with E-state index in [2.05, 4.69) is 31.1 Å². The van der Waals surface area contributed by atoms with E-state index in [1.54, 1.807) is 24.3 Å². The molecule has 0 fully saturated rings. The highest BCUT2D eigenvalue weighted by molar-refractivity contribution is 6.07. The number of H-pyrrole nitrogens is 1. The highest BCUT2D eigenvalue weighted by atomic mass is 16.5. The first kappa shape index (κ1) is 15.5. The molecule has 0 unspecified atom stereocenters. The van der Waals surface area contributed by atoms with Crippen LogP contribution in [-0.4, -0.2) is 31.7 Å². The maximum absolute atomic E-state index is 12.5. The minimum absolute atomic E-state index is 0.110. The standard InChI is InChI=1S/C17H12N6O3/c24-16(14-10-25-21-15(14)11-4-2-1-3-5-11)18-12-6-8-13(9-7-12)26-17-19-22-23-20-17/h1-10H,(H,18,24)(H,19,20,22,23). The molecular weight excluding hydrogens is 336 g/mol. The van der Waals surface area contributed by atoms with Crippen molar-refractivity contribution in [3.8, 4) is 23.0 Å². The monoisotopic (exact) mass is 348 g/mol. The fourth-order valence-electron chi connectivity index (χ4n) is 2.31. The number of anilines is 1. The van der Waals surface area contributed by atoms with Gasteiger partial charge in [0.1, 0.15) is 23.3 Å². The topological polar surface area (TPSA) is 119 Å². The highest BCUT2D eigenvalue weighted by Crippen LogP contribution is 2.24. The minimum Gasteiger partial charge on any atom is -0.422 e. The molecule has 2 heterocycles. The smallest absolute Gasteiger partial charge is 0.361 e. The van der Waals surface area contributed by atoms with Gasteiger partial charge < -0.3 is 14.6 Å². The quantitative estimate of drug-likeness (QED) is 0.569. The minimum atomic E-state index is -0.322. The molecule has 2 aromatic carbocycles. The molecule has 0 aliphatic heterocycles. The summed E-state index contributed by atoms with van der Waals surface area (Å²) in [6, 6.07) is 16.2. The SMILES string of the molecule is O=C(Nc1ccc(Oc2nn[nH]n2)cc1)c1conc1-c1ccccc1. The summed E-state index contributed by atoms with van der Waals surface area (Å²) in [5.41, 5.74) is 2.23. The summed E-state index contributed by atoms with van der Waals surface area (Å²) >= 11 is 0. The summed E-state index contributed by atoms with van der Waals surface area (Å²) < 4.78 is 10.4. The molecule has 0 atom stereocenters. The molecule has 0 radical (unpaired) electrons. The van der Waals surface area contributed by atoms with Crippen LogP contribution in [0.1, 0.15) is 10.4 Å². The fourth-order valence-corrected chi connectivity index (χ4v) is 2.31. The number of benzene rings is 2. The lowest BCUT2D eigenvalue weighted by atomic mass is 10.1. The van der Waals surface area contributed by atoms with Crippen LogP contribution in [0, 0.1) is 0 Å². The van der Waals surface area contributed by atoms with Gasteiger partial charge in [0.15, 0.2) is 0 Å². The third kappa shape index (κ3) is 3.26. The molecular formula is C17H12N6O3. The molecule has 26 heavy (non-hydrogen) atoms. The van der Waals surface area contributed by atoms with Crippen LogP contribution in [0.4, 0.5) is 5.69 Å². The normalized spacial score (nSPS) is 10.5. The number of nitrogens with zero attached hydrogens (tertiary/aromatic N) is 4. The molecule has 0 aliphatic carbocycles. The Hall–Kier alpha value is -4.01. The molecule has 2 aromatic heterocycles. The van der Waals surface area contributed by atoms with Gasteiger partial charge in [-0.3, -0.25) is 4.79 Å². The van der Waals surface area contributed by atoms with Gasteiger partial charge in [-0.25, -0.2) is 0 Å². The van der Waals surface area contributed by atoms with Crippen LogP contribution >= 0.6 is 0 Å². The Kier molecular flexibility index (Phi) is 4.09. The first-order chi connectivity index (χ1) is 12.8. The second-order valence-electron chi connectivity index (χ2n) is 5.22. The van der Waals surface area contributed by atoms with Crippen LogP contribution in [-0.2, 0) is 0 Å². The predicted molar refractivity (Wildman–Crippen MR) is 90.6 cm³/mol. The number of aromatic amines is 1. The zero-order chi connectivity index (χ0) is 17.8. The maximum atomic E-state index is 12.5. The summed E-state index contributed by atoms with van der Waals surface area (Å²) in [4.78, 5) is 12.5. The Morgan fingerprint density at radius 1 is 1.08 bits per heavy atom. The number of carbonyl (C=O) groups is 1. The van der Waals surface area contributed by atoms with Crippen LogP contribution in [0.15, 0.2) is 65.4 Å². The van der Waals surface area contributed by atoms with Gasteiger partial charge in [0, 0.05) is 11.3 Å². The van der Waals surface area contributed by atoms with E-state index in [4.69, 9.17) is 9.26 Å². The number of ether oxygens (including phenoxy) is 1. The molecule has 0 saturated heterocycles. The van der Waals surface area contributed by atoms with Crippen molar-refractivity contribution < 1.29 is 14.1 Å². The van der Waals surface area contributed by atoms with E-state index in [1.807, 2.05) is 30.3 Å². The number of carbonyl (C=O) groups excluding carboxylic acids is 1. The molecule has 128 valence electrons. The molecule has 0 aliphatic rings. The van der Waals surface area contributed by atoms with E-state index in [1.165, 1.54) is 6.26 Å². The van der Waals surface area contributed by atoms with Gasteiger partial charge in [0.05, 0.1) is 0 Å². The lowest BCUT2D eigenvalue weighted by Gasteiger charge is -2.06. The van der Waals surface area contributed by atoms with Crippen molar-refractivity contribution in [2.24, 2.45) is 0 Å². The molecule has 0 saturated carbocycles.